The van der Waals surface area contributed by atoms with E-state index in [1.807, 2.05) is 18.9 Å². The summed E-state index contributed by atoms with van der Waals surface area (Å²) in [5.74, 6) is 0. The zero-order chi connectivity index (χ0) is 15.2. The van der Waals surface area contributed by atoms with E-state index in [0.29, 0.717) is 13.1 Å². The molecule has 2 aromatic rings. The Hall–Kier alpha value is -1.18. The van der Waals surface area contributed by atoms with E-state index in [4.69, 9.17) is 0 Å². The van der Waals surface area contributed by atoms with Gasteiger partial charge in [-0.25, -0.2) is 4.68 Å². The smallest absolute Gasteiger partial charge is 0.268 e. The van der Waals surface area contributed by atoms with Gasteiger partial charge in [0.25, 0.3) is 5.56 Å². The normalized spacial score (nSPS) is 10.8. The van der Waals surface area contributed by atoms with Gasteiger partial charge in [0.15, 0.2) is 0 Å². The fourth-order valence-electron chi connectivity index (χ4n) is 1.83. The summed E-state index contributed by atoms with van der Waals surface area (Å²) < 4.78 is 2.60. The van der Waals surface area contributed by atoms with Gasteiger partial charge in [-0.15, -0.1) is 11.3 Å². The van der Waals surface area contributed by atoms with E-state index in [1.165, 1.54) is 9.56 Å². The summed E-state index contributed by atoms with van der Waals surface area (Å²) in [6.45, 7) is 4.98. The molecule has 5 nitrogen and oxygen atoms in total. The van der Waals surface area contributed by atoms with Gasteiger partial charge >= 0.3 is 0 Å². The average molecular weight is 371 g/mol. The Morgan fingerprint density at radius 3 is 2.90 bits per heavy atom. The molecule has 0 spiro atoms. The van der Waals surface area contributed by atoms with Crippen molar-refractivity contribution in [3.05, 3.63) is 43.4 Å². The summed E-state index contributed by atoms with van der Waals surface area (Å²) in [6.07, 6.45) is 1.74. The minimum absolute atomic E-state index is 0.0616. The van der Waals surface area contributed by atoms with E-state index in [0.717, 1.165) is 23.2 Å². The van der Waals surface area contributed by atoms with Crippen molar-refractivity contribution in [3.63, 3.8) is 0 Å². The van der Waals surface area contributed by atoms with Crippen LogP contribution in [0.15, 0.2) is 33.0 Å². The highest BCUT2D eigenvalue weighted by molar-refractivity contribution is 9.10. The number of thiophene rings is 1. The summed E-state index contributed by atoms with van der Waals surface area (Å²) in [4.78, 5) is 15.2. The van der Waals surface area contributed by atoms with Crippen LogP contribution >= 0.6 is 27.3 Å². The molecule has 0 radical (unpaired) electrons. The van der Waals surface area contributed by atoms with Gasteiger partial charge in [0.2, 0.25) is 0 Å². The molecule has 0 saturated heterocycles. The molecule has 0 atom stereocenters. The fourth-order valence-corrected chi connectivity index (χ4v) is 3.25. The number of rotatable bonds is 7. The van der Waals surface area contributed by atoms with Crippen LogP contribution in [0.25, 0.3) is 0 Å². The van der Waals surface area contributed by atoms with Crippen LogP contribution in [0.2, 0.25) is 0 Å². The number of hydrogen-bond acceptors (Lipinski definition) is 5. The predicted molar refractivity (Wildman–Crippen MR) is 91.2 cm³/mol. The van der Waals surface area contributed by atoms with E-state index in [-0.39, 0.29) is 5.56 Å². The molecule has 0 aliphatic carbocycles. The highest BCUT2D eigenvalue weighted by atomic mass is 79.9. The van der Waals surface area contributed by atoms with E-state index < -0.39 is 0 Å². The second-order valence-electron chi connectivity index (χ2n) is 4.70. The maximum Gasteiger partial charge on any atom is 0.268 e. The molecule has 0 fully saturated rings. The number of nitrogens with one attached hydrogen (secondary N) is 1. The highest BCUT2D eigenvalue weighted by Crippen LogP contribution is 2.19. The zero-order valence-corrected chi connectivity index (χ0v) is 14.6. The summed E-state index contributed by atoms with van der Waals surface area (Å²) >= 11 is 5.14. The van der Waals surface area contributed by atoms with Gasteiger partial charge in [-0.1, -0.05) is 0 Å². The van der Waals surface area contributed by atoms with Crippen LogP contribution in [0.3, 0.4) is 0 Å². The first kappa shape index (κ1) is 16.2. The van der Waals surface area contributed by atoms with Crippen LogP contribution in [-0.2, 0) is 13.1 Å². The molecular weight excluding hydrogens is 352 g/mol. The van der Waals surface area contributed by atoms with Gasteiger partial charge in [-0.2, -0.15) is 5.10 Å². The molecule has 0 aliphatic heterocycles. The van der Waals surface area contributed by atoms with Gasteiger partial charge in [-0.05, 0) is 28.9 Å². The van der Waals surface area contributed by atoms with Crippen molar-refractivity contribution in [2.45, 2.75) is 20.0 Å². The van der Waals surface area contributed by atoms with Crippen LogP contribution in [0, 0.1) is 0 Å². The monoisotopic (exact) mass is 370 g/mol. The van der Waals surface area contributed by atoms with Crippen molar-refractivity contribution in [2.75, 3.05) is 25.0 Å². The third-order valence-corrected chi connectivity index (χ3v) is 4.89. The summed E-state index contributed by atoms with van der Waals surface area (Å²) in [6, 6.07) is 3.73. The molecule has 2 heterocycles. The Bertz CT molecular complexity index is 640. The summed E-state index contributed by atoms with van der Waals surface area (Å²) in [5.41, 5.74) is 0.795. The lowest BCUT2D eigenvalue weighted by Crippen LogP contribution is -2.29. The largest absolute Gasteiger partial charge is 0.373 e. The second-order valence-corrected chi connectivity index (χ2v) is 6.61. The Morgan fingerprint density at radius 1 is 1.48 bits per heavy atom. The minimum atomic E-state index is -0.0616. The lowest BCUT2D eigenvalue weighted by Gasteiger charge is -2.16. The molecule has 0 saturated carbocycles. The molecule has 114 valence electrons. The van der Waals surface area contributed by atoms with Gasteiger partial charge in [0, 0.05) is 47.5 Å². The van der Waals surface area contributed by atoms with Gasteiger partial charge in [-0.3, -0.25) is 4.79 Å². The van der Waals surface area contributed by atoms with E-state index in [9.17, 15) is 4.79 Å². The Kier molecular flexibility index (Phi) is 5.96. The molecule has 7 heteroatoms. The molecule has 0 bridgehead atoms. The highest BCUT2D eigenvalue weighted by Gasteiger charge is 2.03. The van der Waals surface area contributed by atoms with Crippen molar-refractivity contribution < 1.29 is 0 Å². The third-order valence-electron chi connectivity index (χ3n) is 3.19. The van der Waals surface area contributed by atoms with Gasteiger partial charge < -0.3 is 10.2 Å². The Balaban J connectivity index is 1.84. The first-order chi connectivity index (χ1) is 10.1. The number of halogens is 1. The SMILES string of the molecule is CCN(C)c1cnn(CCNCc2cc(Br)cs2)c(=O)c1. The molecule has 0 amide bonds. The van der Waals surface area contributed by atoms with Crippen LogP contribution in [0.5, 0.6) is 0 Å². The Morgan fingerprint density at radius 2 is 2.29 bits per heavy atom. The van der Waals surface area contributed by atoms with Crippen molar-refractivity contribution in [1.82, 2.24) is 15.1 Å². The fraction of sp³-hybridized carbons (Fsp3) is 0.429. The van der Waals surface area contributed by atoms with Crippen LogP contribution in [0.4, 0.5) is 5.69 Å². The van der Waals surface area contributed by atoms with Crippen molar-refractivity contribution >= 4 is 33.0 Å². The van der Waals surface area contributed by atoms with Gasteiger partial charge in [0.05, 0.1) is 18.4 Å². The third kappa shape index (κ3) is 4.66. The van der Waals surface area contributed by atoms with Crippen LogP contribution in [0.1, 0.15) is 11.8 Å². The van der Waals surface area contributed by atoms with Gasteiger partial charge in [0.1, 0.15) is 0 Å². The van der Waals surface area contributed by atoms with Crippen molar-refractivity contribution in [1.29, 1.82) is 0 Å². The van der Waals surface area contributed by atoms with Crippen LogP contribution < -0.4 is 15.8 Å². The quantitative estimate of drug-likeness (QED) is 0.759. The molecule has 2 aromatic heterocycles. The lowest BCUT2D eigenvalue weighted by molar-refractivity contribution is 0.533. The van der Waals surface area contributed by atoms with E-state index in [2.05, 4.69) is 37.8 Å². The van der Waals surface area contributed by atoms with Crippen LogP contribution in [-0.4, -0.2) is 29.9 Å². The summed E-state index contributed by atoms with van der Waals surface area (Å²) in [7, 11) is 1.95. The molecule has 21 heavy (non-hydrogen) atoms. The number of anilines is 1. The van der Waals surface area contributed by atoms with E-state index >= 15 is 0 Å². The first-order valence-electron chi connectivity index (χ1n) is 6.82. The second kappa shape index (κ2) is 7.72. The van der Waals surface area contributed by atoms with E-state index in [1.54, 1.807) is 23.6 Å². The molecule has 2 rings (SSSR count). The number of aromatic nitrogens is 2. The number of hydrogen-bond donors (Lipinski definition) is 1. The maximum atomic E-state index is 12.0. The van der Waals surface area contributed by atoms with Crippen molar-refractivity contribution in [3.8, 4) is 0 Å². The minimum Gasteiger partial charge on any atom is -0.373 e. The zero-order valence-electron chi connectivity index (χ0n) is 12.2. The standard InChI is InChI=1S/C14H19BrN4OS/c1-3-18(2)12-7-14(20)19(17-8-12)5-4-16-9-13-6-11(15)10-21-13/h6-8,10,16H,3-5,9H2,1-2H3. The molecule has 1 N–H and O–H groups in total. The molecule has 0 unspecified atom stereocenters. The molecular formula is C14H19BrN4OS. The summed E-state index contributed by atoms with van der Waals surface area (Å²) in [5, 5.41) is 9.59. The molecule has 0 aliphatic rings. The molecule has 0 aromatic carbocycles. The topological polar surface area (TPSA) is 50.2 Å². The first-order valence-corrected chi connectivity index (χ1v) is 8.49. The Labute approximate surface area is 136 Å². The van der Waals surface area contributed by atoms with Crippen molar-refractivity contribution in [2.24, 2.45) is 0 Å². The maximum absolute atomic E-state index is 12.0. The lowest BCUT2D eigenvalue weighted by atomic mass is 10.4. The average Bonchev–Trinajstić information content (AvgIpc) is 2.89. The predicted octanol–water partition coefficient (Wildman–Crippen LogP) is 2.31. The number of nitrogens with zero attached hydrogens (tertiary/aromatic N) is 3.